The number of nitrogens with one attached hydrogen (secondary N) is 1. The van der Waals surface area contributed by atoms with Gasteiger partial charge in [0.15, 0.2) is 0 Å². The zero-order valence-corrected chi connectivity index (χ0v) is 16.7. The van der Waals surface area contributed by atoms with Crippen molar-refractivity contribution in [1.82, 2.24) is 4.90 Å². The van der Waals surface area contributed by atoms with Gasteiger partial charge in [-0.3, -0.25) is 4.72 Å². The molecule has 1 N–H and O–H groups in total. The Hall–Kier alpha value is -1.37. The van der Waals surface area contributed by atoms with Gasteiger partial charge in [0.05, 0.1) is 4.90 Å². The molecule has 6 heteroatoms. The molecular weight excluding hydrogens is 400 g/mol. The predicted molar refractivity (Wildman–Crippen MR) is 105 cm³/mol. The van der Waals surface area contributed by atoms with Crippen LogP contribution in [0.25, 0.3) is 0 Å². The third kappa shape index (κ3) is 4.63. The highest BCUT2D eigenvalue weighted by Gasteiger charge is 2.23. The molecule has 134 valence electrons. The van der Waals surface area contributed by atoms with E-state index >= 15 is 0 Å². The molecule has 1 fully saturated rings. The maximum Gasteiger partial charge on any atom is 0.261 e. The second-order valence-electron chi connectivity index (χ2n) is 6.47. The molecule has 25 heavy (non-hydrogen) atoms. The van der Waals surface area contributed by atoms with E-state index in [1.165, 1.54) is 18.4 Å². The van der Waals surface area contributed by atoms with Crippen LogP contribution in [0.15, 0.2) is 57.9 Å². The summed E-state index contributed by atoms with van der Waals surface area (Å²) in [4.78, 5) is 2.75. The van der Waals surface area contributed by atoms with Crippen LogP contribution >= 0.6 is 15.9 Å². The van der Waals surface area contributed by atoms with Crippen LogP contribution < -0.4 is 4.72 Å². The Morgan fingerprint density at radius 3 is 2.44 bits per heavy atom. The van der Waals surface area contributed by atoms with E-state index in [0.717, 1.165) is 24.1 Å². The Labute approximate surface area is 158 Å². The standard InChI is InChI=1S/C19H23BrN2O2S/c1-2-12-22-13-11-16(14-22)15-3-7-18(8-4-15)21-25(23,24)19-9-5-17(20)6-10-19/h3-10,16,21H,2,11-14H2,1H3. The highest BCUT2D eigenvalue weighted by molar-refractivity contribution is 9.10. The first kappa shape index (κ1) is 18.4. The van der Waals surface area contributed by atoms with E-state index in [2.05, 4.69) is 32.5 Å². The molecule has 0 radical (unpaired) electrons. The smallest absolute Gasteiger partial charge is 0.261 e. The van der Waals surface area contributed by atoms with Crippen LogP contribution in [0.5, 0.6) is 0 Å². The van der Waals surface area contributed by atoms with Crippen LogP contribution in [0.4, 0.5) is 5.69 Å². The van der Waals surface area contributed by atoms with Crippen LogP contribution in [-0.4, -0.2) is 33.0 Å². The van der Waals surface area contributed by atoms with E-state index in [0.29, 0.717) is 11.6 Å². The Kier molecular flexibility index (Phi) is 5.81. The topological polar surface area (TPSA) is 49.4 Å². The van der Waals surface area contributed by atoms with Gasteiger partial charge in [0, 0.05) is 16.7 Å². The molecule has 0 aliphatic carbocycles. The lowest BCUT2D eigenvalue weighted by molar-refractivity contribution is 0.335. The first-order valence-corrected chi connectivity index (χ1v) is 10.9. The molecule has 1 aliphatic rings. The predicted octanol–water partition coefficient (Wildman–Crippen LogP) is 4.45. The molecule has 2 aromatic rings. The van der Waals surface area contributed by atoms with Crippen molar-refractivity contribution in [2.75, 3.05) is 24.4 Å². The Bertz CT molecular complexity index is 804. The maximum atomic E-state index is 12.4. The van der Waals surface area contributed by atoms with Crippen LogP contribution in [0.2, 0.25) is 0 Å². The van der Waals surface area contributed by atoms with Crippen molar-refractivity contribution >= 4 is 31.6 Å². The Morgan fingerprint density at radius 2 is 1.80 bits per heavy atom. The van der Waals surface area contributed by atoms with Gasteiger partial charge in [-0.15, -0.1) is 0 Å². The number of halogens is 1. The van der Waals surface area contributed by atoms with E-state index in [-0.39, 0.29) is 4.90 Å². The molecule has 2 aromatic carbocycles. The molecule has 1 heterocycles. The van der Waals surface area contributed by atoms with Crippen molar-refractivity contribution < 1.29 is 8.42 Å². The highest BCUT2D eigenvalue weighted by atomic mass is 79.9. The number of anilines is 1. The number of hydrogen-bond acceptors (Lipinski definition) is 3. The molecule has 1 saturated heterocycles. The number of nitrogens with zero attached hydrogens (tertiary/aromatic N) is 1. The Morgan fingerprint density at radius 1 is 1.12 bits per heavy atom. The van der Waals surface area contributed by atoms with Gasteiger partial charge in [-0.1, -0.05) is 35.0 Å². The van der Waals surface area contributed by atoms with Crippen molar-refractivity contribution in [2.45, 2.75) is 30.6 Å². The van der Waals surface area contributed by atoms with E-state index in [9.17, 15) is 8.42 Å². The van der Waals surface area contributed by atoms with Crippen molar-refractivity contribution in [1.29, 1.82) is 0 Å². The van der Waals surface area contributed by atoms with Crippen LogP contribution in [0.3, 0.4) is 0 Å². The molecule has 3 rings (SSSR count). The van der Waals surface area contributed by atoms with Crippen LogP contribution in [0.1, 0.15) is 31.2 Å². The monoisotopic (exact) mass is 422 g/mol. The number of likely N-dealkylation sites (tertiary alicyclic amines) is 1. The largest absolute Gasteiger partial charge is 0.303 e. The number of sulfonamides is 1. The molecule has 0 aromatic heterocycles. The minimum absolute atomic E-state index is 0.255. The number of benzene rings is 2. The minimum Gasteiger partial charge on any atom is -0.303 e. The average Bonchev–Trinajstić information content (AvgIpc) is 3.05. The van der Waals surface area contributed by atoms with E-state index in [1.807, 2.05) is 24.3 Å². The summed E-state index contributed by atoms with van der Waals surface area (Å²) < 4.78 is 28.4. The summed E-state index contributed by atoms with van der Waals surface area (Å²) in [7, 11) is -3.56. The lowest BCUT2D eigenvalue weighted by atomic mass is 9.98. The van der Waals surface area contributed by atoms with Gasteiger partial charge in [-0.25, -0.2) is 8.42 Å². The average molecular weight is 423 g/mol. The summed E-state index contributed by atoms with van der Waals surface area (Å²) in [6.45, 7) is 5.61. The van der Waals surface area contributed by atoms with E-state index < -0.39 is 10.0 Å². The maximum absolute atomic E-state index is 12.4. The zero-order valence-electron chi connectivity index (χ0n) is 14.3. The summed E-state index contributed by atoms with van der Waals surface area (Å²) in [5, 5.41) is 0. The highest BCUT2D eigenvalue weighted by Crippen LogP contribution is 2.28. The van der Waals surface area contributed by atoms with Crippen molar-refractivity contribution in [3.8, 4) is 0 Å². The third-order valence-electron chi connectivity index (χ3n) is 4.57. The number of hydrogen-bond donors (Lipinski definition) is 1. The SMILES string of the molecule is CCCN1CCC(c2ccc(NS(=O)(=O)c3ccc(Br)cc3)cc2)C1. The first-order valence-electron chi connectivity index (χ1n) is 8.58. The summed E-state index contributed by atoms with van der Waals surface area (Å²) in [5.41, 5.74) is 1.88. The van der Waals surface area contributed by atoms with Gasteiger partial charge in [0.1, 0.15) is 0 Å². The minimum atomic E-state index is -3.56. The number of rotatable bonds is 6. The lowest BCUT2D eigenvalue weighted by Crippen LogP contribution is -2.20. The molecule has 1 atom stereocenters. The molecule has 1 aliphatic heterocycles. The van der Waals surface area contributed by atoms with Crippen LogP contribution in [0, 0.1) is 0 Å². The summed E-state index contributed by atoms with van der Waals surface area (Å²) in [6, 6.07) is 14.4. The summed E-state index contributed by atoms with van der Waals surface area (Å²) in [5.74, 6) is 0.545. The third-order valence-corrected chi connectivity index (χ3v) is 6.50. The van der Waals surface area contributed by atoms with Crippen molar-refractivity contribution in [3.05, 3.63) is 58.6 Å². The second kappa shape index (κ2) is 7.89. The van der Waals surface area contributed by atoms with Gasteiger partial charge in [0.25, 0.3) is 10.0 Å². The second-order valence-corrected chi connectivity index (χ2v) is 9.07. The molecule has 4 nitrogen and oxygen atoms in total. The van der Waals surface area contributed by atoms with Gasteiger partial charge >= 0.3 is 0 Å². The van der Waals surface area contributed by atoms with Crippen LogP contribution in [-0.2, 0) is 10.0 Å². The summed E-state index contributed by atoms with van der Waals surface area (Å²) >= 11 is 3.31. The van der Waals surface area contributed by atoms with Gasteiger partial charge < -0.3 is 4.90 Å². The quantitative estimate of drug-likeness (QED) is 0.747. The fourth-order valence-corrected chi connectivity index (χ4v) is 4.60. The van der Waals surface area contributed by atoms with E-state index in [1.54, 1.807) is 24.3 Å². The van der Waals surface area contributed by atoms with Crippen molar-refractivity contribution in [3.63, 3.8) is 0 Å². The molecule has 0 spiro atoms. The molecular formula is C19H23BrN2O2S. The first-order chi connectivity index (χ1) is 12.0. The molecule has 0 saturated carbocycles. The van der Waals surface area contributed by atoms with Gasteiger partial charge in [-0.2, -0.15) is 0 Å². The molecule has 0 amide bonds. The van der Waals surface area contributed by atoms with Gasteiger partial charge in [0.2, 0.25) is 0 Å². The van der Waals surface area contributed by atoms with E-state index in [4.69, 9.17) is 0 Å². The molecule has 0 bridgehead atoms. The Balaban J connectivity index is 1.67. The van der Waals surface area contributed by atoms with Gasteiger partial charge in [-0.05, 0) is 73.8 Å². The fourth-order valence-electron chi connectivity index (χ4n) is 3.28. The normalized spacial score (nSPS) is 18.4. The molecule has 1 unspecified atom stereocenters. The van der Waals surface area contributed by atoms with Crippen molar-refractivity contribution in [2.24, 2.45) is 0 Å². The fraction of sp³-hybridized carbons (Fsp3) is 0.368. The lowest BCUT2D eigenvalue weighted by Gasteiger charge is -2.15. The zero-order chi connectivity index (χ0) is 17.9. The summed E-state index contributed by atoms with van der Waals surface area (Å²) in [6.07, 6.45) is 2.35.